The number of ether oxygens (including phenoxy) is 1. The third-order valence-electron chi connectivity index (χ3n) is 3.55. The number of hydrogen-bond acceptors (Lipinski definition) is 4. The van der Waals surface area contributed by atoms with E-state index in [0.717, 1.165) is 0 Å². The Morgan fingerprint density at radius 1 is 1.17 bits per heavy atom. The van der Waals surface area contributed by atoms with Crippen LogP contribution in [0.4, 0.5) is 14.5 Å². The van der Waals surface area contributed by atoms with Crippen molar-refractivity contribution in [3.8, 4) is 5.75 Å². The van der Waals surface area contributed by atoms with Crippen LogP contribution in [0, 0.1) is 0 Å². The molecule has 2 rings (SSSR count). The van der Waals surface area contributed by atoms with Gasteiger partial charge in [-0.3, -0.25) is 14.5 Å². The zero-order valence-electron chi connectivity index (χ0n) is 12.8. The Morgan fingerprint density at radius 3 is 2.30 bits per heavy atom. The van der Waals surface area contributed by atoms with Crippen molar-refractivity contribution in [3.05, 3.63) is 24.3 Å². The lowest BCUT2D eigenvalue weighted by Crippen LogP contribution is -2.49. The zero-order valence-corrected chi connectivity index (χ0v) is 12.8. The highest BCUT2D eigenvalue weighted by molar-refractivity contribution is 5.92. The quantitative estimate of drug-likeness (QED) is 0.888. The summed E-state index contributed by atoms with van der Waals surface area (Å²) in [6, 6.07) is 5.74. The van der Waals surface area contributed by atoms with E-state index in [4.69, 9.17) is 0 Å². The average Bonchev–Trinajstić information content (AvgIpc) is 2.49. The maximum absolute atomic E-state index is 12.0. The molecular weight excluding hydrogens is 308 g/mol. The molecule has 1 saturated heterocycles. The largest absolute Gasteiger partial charge is 0.435 e. The predicted octanol–water partition coefficient (Wildman–Crippen LogP) is 1.39. The number of anilines is 1. The molecular formula is C15H19F2N3O3. The van der Waals surface area contributed by atoms with Gasteiger partial charge in [-0.25, -0.2) is 0 Å². The van der Waals surface area contributed by atoms with E-state index in [1.54, 1.807) is 4.90 Å². The normalized spacial score (nSPS) is 15.6. The molecule has 126 valence electrons. The molecule has 1 heterocycles. The van der Waals surface area contributed by atoms with Crippen LogP contribution in [-0.4, -0.2) is 60.9 Å². The van der Waals surface area contributed by atoms with Gasteiger partial charge >= 0.3 is 6.61 Å². The highest BCUT2D eigenvalue weighted by Crippen LogP contribution is 2.17. The Hall–Kier alpha value is -2.22. The number of hydrogen-bond donors (Lipinski definition) is 1. The molecule has 0 spiro atoms. The van der Waals surface area contributed by atoms with Gasteiger partial charge in [0.15, 0.2) is 0 Å². The van der Waals surface area contributed by atoms with Crippen LogP contribution in [0.1, 0.15) is 6.92 Å². The molecule has 1 aromatic carbocycles. The van der Waals surface area contributed by atoms with Crippen LogP contribution in [0.3, 0.4) is 0 Å². The Bertz CT molecular complexity index is 543. The molecule has 0 unspecified atom stereocenters. The van der Waals surface area contributed by atoms with Crippen LogP contribution in [0.15, 0.2) is 24.3 Å². The molecule has 0 saturated carbocycles. The van der Waals surface area contributed by atoms with Gasteiger partial charge in [0.2, 0.25) is 11.8 Å². The first kappa shape index (κ1) is 17.1. The standard InChI is InChI=1S/C15H19F2N3O3/c1-11(21)20-8-6-19(7-9-20)10-14(22)18-12-2-4-13(5-3-12)23-15(16)17/h2-5,15H,6-10H2,1H3,(H,18,22). The van der Waals surface area contributed by atoms with E-state index >= 15 is 0 Å². The average molecular weight is 327 g/mol. The number of piperazine rings is 1. The number of carbonyl (C=O) groups is 2. The Balaban J connectivity index is 1.78. The third kappa shape index (κ3) is 5.48. The molecule has 1 fully saturated rings. The minimum absolute atomic E-state index is 0.0401. The number of rotatable bonds is 5. The van der Waals surface area contributed by atoms with Gasteiger partial charge in [0, 0.05) is 38.8 Å². The maximum atomic E-state index is 12.0. The van der Waals surface area contributed by atoms with Gasteiger partial charge in [0.25, 0.3) is 0 Å². The SMILES string of the molecule is CC(=O)N1CCN(CC(=O)Nc2ccc(OC(F)F)cc2)CC1. The fourth-order valence-corrected chi connectivity index (χ4v) is 2.34. The minimum atomic E-state index is -2.87. The second-order valence-electron chi connectivity index (χ2n) is 5.23. The summed E-state index contributed by atoms with van der Waals surface area (Å²) in [5, 5.41) is 2.70. The number of benzene rings is 1. The van der Waals surface area contributed by atoms with Gasteiger partial charge in [0.1, 0.15) is 5.75 Å². The van der Waals surface area contributed by atoms with E-state index in [9.17, 15) is 18.4 Å². The van der Waals surface area contributed by atoms with Crippen LogP contribution in [0.2, 0.25) is 0 Å². The molecule has 0 aromatic heterocycles. The van der Waals surface area contributed by atoms with E-state index in [1.165, 1.54) is 31.2 Å². The topological polar surface area (TPSA) is 61.9 Å². The molecule has 0 aliphatic carbocycles. The van der Waals surface area contributed by atoms with Crippen molar-refractivity contribution in [2.24, 2.45) is 0 Å². The summed E-state index contributed by atoms with van der Waals surface area (Å²) in [6.07, 6.45) is 0. The first-order valence-electron chi connectivity index (χ1n) is 7.26. The summed E-state index contributed by atoms with van der Waals surface area (Å²) in [7, 11) is 0. The fraction of sp³-hybridized carbons (Fsp3) is 0.467. The van der Waals surface area contributed by atoms with E-state index < -0.39 is 6.61 Å². The first-order chi connectivity index (χ1) is 10.9. The number of alkyl halides is 2. The minimum Gasteiger partial charge on any atom is -0.435 e. The molecule has 1 aromatic rings. The van der Waals surface area contributed by atoms with Gasteiger partial charge in [0.05, 0.1) is 6.54 Å². The lowest BCUT2D eigenvalue weighted by atomic mass is 10.3. The highest BCUT2D eigenvalue weighted by atomic mass is 19.3. The van der Waals surface area contributed by atoms with Gasteiger partial charge in [-0.05, 0) is 24.3 Å². The van der Waals surface area contributed by atoms with Crippen LogP contribution in [-0.2, 0) is 9.59 Å². The van der Waals surface area contributed by atoms with Crippen molar-refractivity contribution in [1.29, 1.82) is 0 Å². The lowest BCUT2D eigenvalue weighted by molar-refractivity contribution is -0.130. The van der Waals surface area contributed by atoms with E-state index in [2.05, 4.69) is 10.1 Å². The molecule has 2 amide bonds. The van der Waals surface area contributed by atoms with Crippen molar-refractivity contribution < 1.29 is 23.1 Å². The molecule has 6 nitrogen and oxygen atoms in total. The van der Waals surface area contributed by atoms with Crippen molar-refractivity contribution in [2.75, 3.05) is 38.0 Å². The van der Waals surface area contributed by atoms with Gasteiger partial charge in [-0.15, -0.1) is 0 Å². The van der Waals surface area contributed by atoms with E-state index in [1.807, 2.05) is 4.90 Å². The Morgan fingerprint density at radius 2 is 1.78 bits per heavy atom. The zero-order chi connectivity index (χ0) is 16.8. The van der Waals surface area contributed by atoms with Crippen LogP contribution in [0.25, 0.3) is 0 Å². The predicted molar refractivity (Wildman–Crippen MR) is 80.4 cm³/mol. The summed E-state index contributed by atoms with van der Waals surface area (Å²) < 4.78 is 28.3. The molecule has 1 aliphatic rings. The van der Waals surface area contributed by atoms with Crippen LogP contribution >= 0.6 is 0 Å². The number of nitrogens with zero attached hydrogens (tertiary/aromatic N) is 2. The van der Waals surface area contributed by atoms with Crippen LogP contribution < -0.4 is 10.1 Å². The summed E-state index contributed by atoms with van der Waals surface area (Å²) in [5.74, 6) is -0.109. The summed E-state index contributed by atoms with van der Waals surface area (Å²) in [4.78, 5) is 26.9. The number of carbonyl (C=O) groups excluding carboxylic acids is 2. The molecule has 8 heteroatoms. The van der Waals surface area contributed by atoms with Crippen LogP contribution in [0.5, 0.6) is 5.75 Å². The molecule has 0 radical (unpaired) electrons. The second-order valence-corrected chi connectivity index (χ2v) is 5.23. The number of halogens is 2. The Kier molecular flexibility index (Phi) is 5.86. The van der Waals surface area contributed by atoms with Gasteiger partial charge in [-0.2, -0.15) is 8.78 Å². The summed E-state index contributed by atoms with van der Waals surface area (Å²) >= 11 is 0. The summed E-state index contributed by atoms with van der Waals surface area (Å²) in [5.41, 5.74) is 0.513. The van der Waals surface area contributed by atoms with Crippen molar-refractivity contribution in [1.82, 2.24) is 9.80 Å². The first-order valence-corrected chi connectivity index (χ1v) is 7.26. The van der Waals surface area contributed by atoms with Crippen molar-refractivity contribution >= 4 is 17.5 Å². The molecule has 0 atom stereocenters. The fourth-order valence-electron chi connectivity index (χ4n) is 2.34. The smallest absolute Gasteiger partial charge is 0.387 e. The van der Waals surface area contributed by atoms with Crippen molar-refractivity contribution in [3.63, 3.8) is 0 Å². The van der Waals surface area contributed by atoms with E-state index in [0.29, 0.717) is 31.9 Å². The lowest BCUT2D eigenvalue weighted by Gasteiger charge is -2.33. The van der Waals surface area contributed by atoms with E-state index in [-0.39, 0.29) is 24.1 Å². The second kappa shape index (κ2) is 7.87. The molecule has 23 heavy (non-hydrogen) atoms. The van der Waals surface area contributed by atoms with Gasteiger partial charge in [-0.1, -0.05) is 0 Å². The maximum Gasteiger partial charge on any atom is 0.387 e. The monoisotopic (exact) mass is 327 g/mol. The molecule has 1 aliphatic heterocycles. The summed E-state index contributed by atoms with van der Waals surface area (Å²) in [6.45, 7) is 1.40. The molecule has 0 bridgehead atoms. The van der Waals surface area contributed by atoms with Crippen molar-refractivity contribution in [2.45, 2.75) is 13.5 Å². The Labute approximate surface area is 133 Å². The highest BCUT2D eigenvalue weighted by Gasteiger charge is 2.20. The molecule has 1 N–H and O–H groups in total. The number of nitrogens with one attached hydrogen (secondary N) is 1. The number of amides is 2. The van der Waals surface area contributed by atoms with Gasteiger partial charge < -0.3 is 15.0 Å². The third-order valence-corrected chi connectivity index (χ3v) is 3.55.